The molecule has 3 rings (SSSR count). The van der Waals surface area contributed by atoms with E-state index in [4.69, 9.17) is 0 Å². The predicted molar refractivity (Wildman–Crippen MR) is 109 cm³/mol. The molecule has 6 heteroatoms. The van der Waals surface area contributed by atoms with E-state index in [1.165, 1.54) is 4.80 Å². The smallest absolute Gasteiger partial charge is 0.314 e. The van der Waals surface area contributed by atoms with Gasteiger partial charge in [0.1, 0.15) is 22.5 Å². The highest BCUT2D eigenvalue weighted by Crippen LogP contribution is 2.41. The molecule has 1 atom stereocenters. The fourth-order valence-electron chi connectivity index (χ4n) is 3.31. The third kappa shape index (κ3) is 3.13. The molecule has 2 N–H and O–H groups in total. The van der Waals surface area contributed by atoms with Gasteiger partial charge in [-0.3, -0.25) is 4.79 Å². The molecule has 1 heterocycles. The van der Waals surface area contributed by atoms with E-state index >= 15 is 0 Å². The van der Waals surface area contributed by atoms with E-state index in [-0.39, 0.29) is 11.7 Å². The van der Waals surface area contributed by atoms with E-state index < -0.39 is 16.8 Å². The van der Waals surface area contributed by atoms with Gasteiger partial charge >= 0.3 is 5.97 Å². The van der Waals surface area contributed by atoms with E-state index in [0.717, 1.165) is 0 Å². The Kier molecular flexibility index (Phi) is 4.69. The number of hydrogen-bond donors (Lipinski definition) is 2. The number of fused-ring (bicyclic) bond motifs is 1. The van der Waals surface area contributed by atoms with Crippen LogP contribution < -0.4 is 0 Å². The lowest BCUT2D eigenvalue weighted by Crippen LogP contribution is -2.38. The van der Waals surface area contributed by atoms with E-state index in [0.29, 0.717) is 27.8 Å². The van der Waals surface area contributed by atoms with Crippen molar-refractivity contribution in [2.75, 3.05) is 0 Å². The lowest BCUT2D eigenvalue weighted by molar-refractivity contribution is -0.145. The Labute approximate surface area is 164 Å². The Balaban J connectivity index is 2.35. The van der Waals surface area contributed by atoms with Crippen molar-refractivity contribution in [2.45, 2.75) is 52.4 Å². The van der Waals surface area contributed by atoms with Crippen molar-refractivity contribution in [3.05, 3.63) is 47.5 Å². The molecule has 0 aliphatic rings. The maximum Gasteiger partial charge on any atom is 0.314 e. The second-order valence-electron chi connectivity index (χ2n) is 8.78. The van der Waals surface area contributed by atoms with Crippen LogP contribution in [0.4, 0.5) is 0 Å². The number of aromatic nitrogens is 3. The van der Waals surface area contributed by atoms with Gasteiger partial charge in [0.15, 0.2) is 0 Å². The molecule has 0 saturated heterocycles. The molecule has 1 unspecified atom stereocenters. The quantitative estimate of drug-likeness (QED) is 0.698. The summed E-state index contributed by atoms with van der Waals surface area (Å²) in [6.07, 6.45) is 0. The Bertz CT molecular complexity index is 1010. The van der Waals surface area contributed by atoms with Crippen LogP contribution in [0.1, 0.15) is 52.7 Å². The molecule has 2 aromatic carbocycles. The molecule has 148 valence electrons. The number of nitrogens with zero attached hydrogens (tertiary/aromatic N) is 3. The van der Waals surface area contributed by atoms with Gasteiger partial charge in [-0.25, -0.2) is 0 Å². The van der Waals surface area contributed by atoms with E-state index in [1.807, 2.05) is 58.9 Å². The number of phenols is 1. The van der Waals surface area contributed by atoms with E-state index in [9.17, 15) is 15.0 Å². The highest BCUT2D eigenvalue weighted by Gasteiger charge is 2.40. The van der Waals surface area contributed by atoms with Gasteiger partial charge in [0.2, 0.25) is 0 Å². The van der Waals surface area contributed by atoms with Gasteiger partial charge in [-0.05, 0) is 42.0 Å². The van der Waals surface area contributed by atoms with E-state index in [2.05, 4.69) is 10.2 Å². The van der Waals surface area contributed by atoms with Gasteiger partial charge in [-0.2, -0.15) is 0 Å². The third-order valence-electron chi connectivity index (χ3n) is 5.60. The number of rotatable bonds is 4. The lowest BCUT2D eigenvalue weighted by atomic mass is 9.71. The molecular formula is C22H27N3O3. The predicted octanol–water partition coefficient (Wildman–Crippen LogP) is 4.42. The minimum Gasteiger partial charge on any atom is -0.505 e. The average molecular weight is 381 g/mol. The Morgan fingerprint density at radius 2 is 1.57 bits per heavy atom. The van der Waals surface area contributed by atoms with Crippen molar-refractivity contribution < 1.29 is 15.0 Å². The first kappa shape index (κ1) is 19.9. The number of aliphatic carboxylic acids is 1. The Morgan fingerprint density at radius 3 is 2.00 bits per heavy atom. The van der Waals surface area contributed by atoms with Gasteiger partial charge in [-0.15, -0.1) is 15.0 Å². The van der Waals surface area contributed by atoms with E-state index in [1.54, 1.807) is 19.1 Å². The molecule has 0 fully saturated rings. The standard InChI is InChI=1S/C22H27N3O3/c1-13(2)22(6,20(27)28)14-11-15(21(3,4)5)19(26)18(12-14)25-23-16-9-7-8-10-17(16)24-25/h7-13,26H,1-6H3,(H,27,28). The molecule has 0 aliphatic heterocycles. The van der Waals surface area contributed by atoms with Crippen molar-refractivity contribution >= 4 is 17.0 Å². The molecule has 0 amide bonds. The molecule has 1 aromatic heterocycles. The zero-order valence-electron chi connectivity index (χ0n) is 17.2. The summed E-state index contributed by atoms with van der Waals surface area (Å²) in [4.78, 5) is 13.6. The van der Waals surface area contributed by atoms with Crippen molar-refractivity contribution in [2.24, 2.45) is 5.92 Å². The summed E-state index contributed by atoms with van der Waals surface area (Å²) in [6, 6.07) is 10.9. The van der Waals surface area contributed by atoms with Crippen LogP contribution in [-0.2, 0) is 15.6 Å². The topological polar surface area (TPSA) is 88.2 Å². The minimum absolute atomic E-state index is 0.0630. The second kappa shape index (κ2) is 6.62. The number of phenolic OH excluding ortho intramolecular Hbond substituents is 1. The Morgan fingerprint density at radius 1 is 1.04 bits per heavy atom. The van der Waals surface area contributed by atoms with Gasteiger partial charge in [0.25, 0.3) is 0 Å². The number of hydrogen-bond acceptors (Lipinski definition) is 4. The van der Waals surface area contributed by atoms with Crippen molar-refractivity contribution in [1.29, 1.82) is 0 Å². The van der Waals surface area contributed by atoms with Crippen LogP contribution >= 0.6 is 0 Å². The van der Waals surface area contributed by atoms with Crippen molar-refractivity contribution in [3.63, 3.8) is 0 Å². The first-order chi connectivity index (χ1) is 13.0. The van der Waals surface area contributed by atoms with Crippen LogP contribution in [0, 0.1) is 5.92 Å². The number of carboxylic acid groups (broad SMARTS) is 1. The van der Waals surface area contributed by atoms with Crippen LogP contribution in [-0.4, -0.2) is 31.2 Å². The lowest BCUT2D eigenvalue weighted by Gasteiger charge is -2.32. The molecular weight excluding hydrogens is 354 g/mol. The second-order valence-corrected chi connectivity index (χ2v) is 8.78. The zero-order chi connectivity index (χ0) is 20.9. The normalized spacial score (nSPS) is 14.4. The molecule has 3 aromatic rings. The summed E-state index contributed by atoms with van der Waals surface area (Å²) in [5, 5.41) is 30.0. The molecule has 0 spiro atoms. The van der Waals surface area contributed by atoms with Crippen molar-refractivity contribution in [3.8, 4) is 11.4 Å². The summed E-state index contributed by atoms with van der Waals surface area (Å²) >= 11 is 0. The maximum atomic E-state index is 12.2. The summed E-state index contributed by atoms with van der Waals surface area (Å²) in [5.74, 6) is -0.995. The fourth-order valence-corrected chi connectivity index (χ4v) is 3.31. The van der Waals surface area contributed by atoms with Crippen LogP contribution in [0.15, 0.2) is 36.4 Å². The fraction of sp³-hybridized carbons (Fsp3) is 0.409. The maximum absolute atomic E-state index is 12.2. The van der Waals surface area contributed by atoms with Crippen molar-refractivity contribution in [1.82, 2.24) is 15.0 Å². The summed E-state index contributed by atoms with van der Waals surface area (Å²) in [6.45, 7) is 11.4. The summed E-state index contributed by atoms with van der Waals surface area (Å²) in [7, 11) is 0. The number of aromatic hydroxyl groups is 1. The first-order valence-corrected chi connectivity index (χ1v) is 9.40. The molecule has 0 bridgehead atoms. The number of carboxylic acids is 1. The third-order valence-corrected chi connectivity index (χ3v) is 5.60. The Hall–Kier alpha value is -2.89. The molecule has 0 saturated carbocycles. The zero-order valence-corrected chi connectivity index (χ0v) is 17.2. The highest BCUT2D eigenvalue weighted by atomic mass is 16.4. The number of carbonyl (C=O) groups is 1. The largest absolute Gasteiger partial charge is 0.505 e. The van der Waals surface area contributed by atoms with Gasteiger partial charge in [0, 0.05) is 5.56 Å². The summed E-state index contributed by atoms with van der Waals surface area (Å²) < 4.78 is 0. The van der Waals surface area contributed by atoms with Crippen LogP contribution in [0.2, 0.25) is 0 Å². The van der Waals surface area contributed by atoms with Crippen LogP contribution in [0.25, 0.3) is 16.7 Å². The van der Waals surface area contributed by atoms with Crippen LogP contribution in [0.5, 0.6) is 5.75 Å². The number of benzene rings is 2. The molecule has 0 radical (unpaired) electrons. The molecule has 28 heavy (non-hydrogen) atoms. The molecule has 6 nitrogen and oxygen atoms in total. The van der Waals surface area contributed by atoms with Gasteiger partial charge in [-0.1, -0.05) is 52.8 Å². The highest BCUT2D eigenvalue weighted by molar-refractivity contribution is 5.82. The average Bonchev–Trinajstić information content (AvgIpc) is 3.03. The van der Waals surface area contributed by atoms with Gasteiger partial charge < -0.3 is 10.2 Å². The van der Waals surface area contributed by atoms with Crippen LogP contribution in [0.3, 0.4) is 0 Å². The van der Waals surface area contributed by atoms with Gasteiger partial charge in [0.05, 0.1) is 5.41 Å². The summed E-state index contributed by atoms with van der Waals surface area (Å²) in [5.41, 5.74) is 1.56. The SMILES string of the molecule is CC(C)C(C)(C(=O)O)c1cc(-n2nc3ccccc3n2)c(O)c(C(C)(C)C)c1. The monoisotopic (exact) mass is 381 g/mol. The minimum atomic E-state index is -1.12. The molecule has 0 aliphatic carbocycles. The first-order valence-electron chi connectivity index (χ1n) is 9.40.